The van der Waals surface area contributed by atoms with Gasteiger partial charge in [0.15, 0.2) is 11.6 Å². The zero-order chi connectivity index (χ0) is 13.0. The van der Waals surface area contributed by atoms with E-state index in [2.05, 4.69) is 10.3 Å². The first-order chi connectivity index (χ1) is 8.70. The average molecular weight is 249 g/mol. The quantitative estimate of drug-likeness (QED) is 0.757. The lowest BCUT2D eigenvalue weighted by Crippen LogP contribution is -2.29. The number of nitrogens with one attached hydrogen (secondary N) is 1. The Hall–Kier alpha value is -1.62. The zero-order valence-corrected chi connectivity index (χ0v) is 10.3. The van der Waals surface area contributed by atoms with Crippen LogP contribution in [-0.4, -0.2) is 22.5 Å². The Bertz CT molecular complexity index is 414. The first-order valence-electron chi connectivity index (χ1n) is 6.35. The van der Waals surface area contributed by atoms with Gasteiger partial charge in [-0.1, -0.05) is 0 Å². The molecule has 0 bridgehead atoms. The lowest BCUT2D eigenvalue weighted by molar-refractivity contribution is -0.121. The lowest BCUT2D eigenvalue weighted by atomic mass is 9.81. The standard InChI is InChI=1S/C13H19N3O2/c14-8-9-3-5-10(6-4-9)13(18)16-12-11(17)2-1-7-15-12/h1-2,7,9-10,17H,3-6,8,14H2,(H,15,16,18). The molecule has 0 atom stereocenters. The Morgan fingerprint density at radius 1 is 1.44 bits per heavy atom. The molecule has 1 amide bonds. The summed E-state index contributed by atoms with van der Waals surface area (Å²) < 4.78 is 0. The van der Waals surface area contributed by atoms with Gasteiger partial charge in [-0.15, -0.1) is 0 Å². The summed E-state index contributed by atoms with van der Waals surface area (Å²) in [6, 6.07) is 3.13. The summed E-state index contributed by atoms with van der Waals surface area (Å²) in [7, 11) is 0. The summed E-state index contributed by atoms with van der Waals surface area (Å²) in [4.78, 5) is 16.0. The van der Waals surface area contributed by atoms with Gasteiger partial charge in [0.2, 0.25) is 5.91 Å². The highest BCUT2D eigenvalue weighted by Crippen LogP contribution is 2.29. The predicted octanol–water partition coefficient (Wildman–Crippen LogP) is 1.49. The van der Waals surface area contributed by atoms with Crippen LogP contribution in [-0.2, 0) is 4.79 Å². The summed E-state index contributed by atoms with van der Waals surface area (Å²) in [5.41, 5.74) is 5.62. The molecule has 1 aliphatic carbocycles. The van der Waals surface area contributed by atoms with Gasteiger partial charge in [-0.2, -0.15) is 0 Å². The summed E-state index contributed by atoms with van der Waals surface area (Å²) in [6.07, 6.45) is 5.27. The number of aromatic nitrogens is 1. The third-order valence-electron chi connectivity index (χ3n) is 3.58. The van der Waals surface area contributed by atoms with E-state index in [0.29, 0.717) is 12.5 Å². The summed E-state index contributed by atoms with van der Waals surface area (Å²) >= 11 is 0. The number of aromatic hydroxyl groups is 1. The topological polar surface area (TPSA) is 88.2 Å². The molecule has 1 fully saturated rings. The van der Waals surface area contributed by atoms with Crippen molar-refractivity contribution >= 4 is 11.7 Å². The lowest BCUT2D eigenvalue weighted by Gasteiger charge is -2.26. The SMILES string of the molecule is NCC1CCC(C(=O)Nc2ncccc2O)CC1. The van der Waals surface area contributed by atoms with Crippen LogP contribution in [0.5, 0.6) is 5.75 Å². The van der Waals surface area contributed by atoms with Gasteiger partial charge in [0.25, 0.3) is 0 Å². The molecule has 0 saturated heterocycles. The third-order valence-corrected chi connectivity index (χ3v) is 3.58. The molecule has 4 N–H and O–H groups in total. The fraction of sp³-hybridized carbons (Fsp3) is 0.538. The van der Waals surface area contributed by atoms with Crippen LogP contribution in [0.2, 0.25) is 0 Å². The Morgan fingerprint density at radius 2 is 2.17 bits per heavy atom. The van der Waals surface area contributed by atoms with Crippen molar-refractivity contribution in [2.45, 2.75) is 25.7 Å². The van der Waals surface area contributed by atoms with E-state index < -0.39 is 0 Å². The minimum Gasteiger partial charge on any atom is -0.504 e. The van der Waals surface area contributed by atoms with E-state index in [0.717, 1.165) is 25.7 Å². The van der Waals surface area contributed by atoms with Gasteiger partial charge in [-0.25, -0.2) is 4.98 Å². The number of nitrogens with two attached hydrogens (primary N) is 1. The number of rotatable bonds is 3. The molecule has 0 unspecified atom stereocenters. The van der Waals surface area contributed by atoms with Crippen molar-refractivity contribution in [3.8, 4) is 5.75 Å². The number of nitrogens with zero attached hydrogens (tertiary/aromatic N) is 1. The third kappa shape index (κ3) is 2.98. The fourth-order valence-corrected chi connectivity index (χ4v) is 2.37. The van der Waals surface area contributed by atoms with Crippen LogP contribution in [0.15, 0.2) is 18.3 Å². The fourth-order valence-electron chi connectivity index (χ4n) is 2.37. The molecule has 1 heterocycles. The van der Waals surface area contributed by atoms with E-state index in [1.807, 2.05) is 0 Å². The van der Waals surface area contributed by atoms with E-state index in [1.165, 1.54) is 6.07 Å². The normalized spacial score (nSPS) is 23.6. The van der Waals surface area contributed by atoms with E-state index in [4.69, 9.17) is 5.73 Å². The smallest absolute Gasteiger partial charge is 0.228 e. The maximum absolute atomic E-state index is 12.0. The summed E-state index contributed by atoms with van der Waals surface area (Å²) in [5, 5.41) is 12.2. The van der Waals surface area contributed by atoms with Gasteiger partial charge in [0.05, 0.1) is 0 Å². The number of carbonyl (C=O) groups is 1. The van der Waals surface area contributed by atoms with Gasteiger partial charge in [0.1, 0.15) is 0 Å². The van der Waals surface area contributed by atoms with E-state index in [9.17, 15) is 9.90 Å². The maximum Gasteiger partial charge on any atom is 0.228 e. The second-order valence-corrected chi connectivity index (χ2v) is 4.81. The molecular formula is C13H19N3O2. The molecule has 2 rings (SSSR count). The molecule has 1 aromatic rings. The van der Waals surface area contributed by atoms with Crippen molar-refractivity contribution in [3.63, 3.8) is 0 Å². The number of hydrogen-bond acceptors (Lipinski definition) is 4. The first-order valence-corrected chi connectivity index (χ1v) is 6.35. The molecule has 0 spiro atoms. The van der Waals surface area contributed by atoms with Crippen LogP contribution in [0, 0.1) is 11.8 Å². The Kier molecular flexibility index (Phi) is 4.15. The molecule has 1 aliphatic rings. The molecule has 0 aliphatic heterocycles. The molecule has 5 heteroatoms. The second kappa shape index (κ2) is 5.82. The zero-order valence-electron chi connectivity index (χ0n) is 10.3. The molecule has 0 aromatic carbocycles. The second-order valence-electron chi connectivity index (χ2n) is 4.81. The number of amides is 1. The van der Waals surface area contributed by atoms with Crippen LogP contribution in [0.1, 0.15) is 25.7 Å². The molecule has 0 radical (unpaired) electrons. The largest absolute Gasteiger partial charge is 0.504 e. The van der Waals surface area contributed by atoms with Crippen molar-refractivity contribution in [1.29, 1.82) is 0 Å². The number of pyridine rings is 1. The Balaban J connectivity index is 1.91. The monoisotopic (exact) mass is 249 g/mol. The average Bonchev–Trinajstić information content (AvgIpc) is 2.41. The van der Waals surface area contributed by atoms with E-state index >= 15 is 0 Å². The minimum atomic E-state index is -0.0560. The molecule has 5 nitrogen and oxygen atoms in total. The van der Waals surface area contributed by atoms with Crippen LogP contribution < -0.4 is 11.1 Å². The van der Waals surface area contributed by atoms with Crippen LogP contribution in [0.3, 0.4) is 0 Å². The number of anilines is 1. The van der Waals surface area contributed by atoms with Crippen molar-refractivity contribution in [1.82, 2.24) is 4.98 Å². The highest BCUT2D eigenvalue weighted by atomic mass is 16.3. The summed E-state index contributed by atoms with van der Waals surface area (Å²) in [5.74, 6) is 0.746. The van der Waals surface area contributed by atoms with Gasteiger partial charge in [0, 0.05) is 12.1 Å². The number of carbonyl (C=O) groups excluding carboxylic acids is 1. The van der Waals surface area contributed by atoms with Crippen molar-refractivity contribution < 1.29 is 9.90 Å². The molecular weight excluding hydrogens is 230 g/mol. The molecule has 1 aromatic heterocycles. The van der Waals surface area contributed by atoms with Gasteiger partial charge < -0.3 is 16.2 Å². The molecule has 18 heavy (non-hydrogen) atoms. The Labute approximate surface area is 106 Å². The van der Waals surface area contributed by atoms with Gasteiger partial charge in [-0.3, -0.25) is 4.79 Å². The predicted molar refractivity (Wildman–Crippen MR) is 69.0 cm³/mol. The van der Waals surface area contributed by atoms with Gasteiger partial charge in [-0.05, 0) is 50.3 Å². The van der Waals surface area contributed by atoms with Crippen LogP contribution in [0.25, 0.3) is 0 Å². The Morgan fingerprint density at radius 3 is 2.78 bits per heavy atom. The highest BCUT2D eigenvalue weighted by molar-refractivity contribution is 5.92. The molecule has 98 valence electrons. The van der Waals surface area contributed by atoms with E-state index in [-0.39, 0.29) is 23.4 Å². The highest BCUT2D eigenvalue weighted by Gasteiger charge is 2.26. The maximum atomic E-state index is 12.0. The van der Waals surface area contributed by atoms with E-state index in [1.54, 1.807) is 12.3 Å². The van der Waals surface area contributed by atoms with Gasteiger partial charge >= 0.3 is 0 Å². The number of hydrogen-bond donors (Lipinski definition) is 3. The van der Waals surface area contributed by atoms with Crippen molar-refractivity contribution in [2.24, 2.45) is 17.6 Å². The van der Waals surface area contributed by atoms with Crippen molar-refractivity contribution in [3.05, 3.63) is 18.3 Å². The van der Waals surface area contributed by atoms with Crippen LogP contribution in [0.4, 0.5) is 5.82 Å². The minimum absolute atomic E-state index is 0.00138. The molecule has 1 saturated carbocycles. The van der Waals surface area contributed by atoms with Crippen LogP contribution >= 0.6 is 0 Å². The summed E-state index contributed by atoms with van der Waals surface area (Å²) in [6.45, 7) is 0.704. The van der Waals surface area contributed by atoms with Crippen molar-refractivity contribution in [2.75, 3.05) is 11.9 Å². The first kappa shape index (κ1) is 12.8.